The third kappa shape index (κ3) is 4.49. The molecule has 0 spiro atoms. The van der Waals surface area contributed by atoms with Gasteiger partial charge in [0.1, 0.15) is 28.8 Å². The standard InChI is InChI=1S/C21H28Cl3N5S/c1-4-5-8-27(11-14-6-7-14)28-13-26(2)12-18-20(28)21(30-3)25-29(18)19-16(23)9-15(22)10-17(19)24/h9-10,12,14,25H,4-8,11,13H2,1-3H3. The van der Waals surface area contributed by atoms with Crippen LogP contribution < -0.4 is 10.4 Å². The summed E-state index contributed by atoms with van der Waals surface area (Å²) in [4.78, 5) is 2.21. The van der Waals surface area contributed by atoms with E-state index in [2.05, 4.69) is 46.8 Å². The first-order chi connectivity index (χ1) is 14.4. The Morgan fingerprint density at radius 1 is 1.20 bits per heavy atom. The lowest BCUT2D eigenvalue weighted by atomic mass is 10.2. The molecule has 0 unspecified atom stereocenters. The van der Waals surface area contributed by atoms with E-state index in [1.807, 2.05) is 5.01 Å². The number of thioether (sulfide) groups is 1. The average molecular weight is 489 g/mol. The number of nitrogens with one attached hydrogen (secondary N) is 1. The second-order valence-corrected chi connectivity index (χ2v) is 10.1. The summed E-state index contributed by atoms with van der Waals surface area (Å²) in [6.07, 6.45) is 9.28. The molecule has 0 bridgehead atoms. The second-order valence-electron chi connectivity index (χ2n) is 8.07. The van der Waals surface area contributed by atoms with E-state index < -0.39 is 0 Å². The van der Waals surface area contributed by atoms with Gasteiger partial charge in [0, 0.05) is 31.4 Å². The third-order valence-corrected chi connectivity index (χ3v) is 7.04. The van der Waals surface area contributed by atoms with Crippen molar-refractivity contribution < 1.29 is 0 Å². The summed E-state index contributed by atoms with van der Waals surface area (Å²) in [6.45, 7) is 5.23. The van der Waals surface area contributed by atoms with Crippen LogP contribution in [0.5, 0.6) is 0 Å². The number of hydrogen-bond acceptors (Lipinski definition) is 6. The molecule has 1 fully saturated rings. The van der Waals surface area contributed by atoms with Crippen molar-refractivity contribution in [3.8, 4) is 0 Å². The zero-order valence-corrected chi connectivity index (χ0v) is 20.7. The van der Waals surface area contributed by atoms with Crippen LogP contribution in [-0.2, 0) is 0 Å². The van der Waals surface area contributed by atoms with Crippen LogP contribution in [0.15, 0.2) is 34.8 Å². The monoisotopic (exact) mass is 487 g/mol. The van der Waals surface area contributed by atoms with Gasteiger partial charge in [0.05, 0.1) is 10.0 Å². The molecule has 0 radical (unpaired) electrons. The van der Waals surface area contributed by atoms with Crippen molar-refractivity contribution >= 4 is 52.3 Å². The van der Waals surface area contributed by atoms with Gasteiger partial charge in [-0.15, -0.1) is 11.8 Å². The zero-order valence-electron chi connectivity index (χ0n) is 17.6. The molecular formula is C21H28Cl3N5S. The van der Waals surface area contributed by atoms with Crippen molar-refractivity contribution in [1.82, 2.24) is 20.3 Å². The Bertz CT molecular complexity index is 847. The Morgan fingerprint density at radius 3 is 2.50 bits per heavy atom. The fourth-order valence-corrected chi connectivity index (χ4v) is 5.46. The van der Waals surface area contributed by atoms with Gasteiger partial charge in [-0.2, -0.15) is 0 Å². The molecule has 3 aliphatic rings. The number of benzene rings is 1. The summed E-state index contributed by atoms with van der Waals surface area (Å²) in [5.74, 6) is 0.811. The van der Waals surface area contributed by atoms with Crippen LogP contribution in [0.3, 0.4) is 0 Å². The molecule has 0 atom stereocenters. The van der Waals surface area contributed by atoms with Gasteiger partial charge in [-0.1, -0.05) is 48.1 Å². The maximum Gasteiger partial charge on any atom is 0.115 e. The number of hydrogen-bond donors (Lipinski definition) is 1. The minimum atomic E-state index is 0.517. The van der Waals surface area contributed by atoms with E-state index in [9.17, 15) is 0 Å². The molecule has 1 N–H and O–H groups in total. The number of nitrogens with zero attached hydrogens (tertiary/aromatic N) is 4. The first-order valence-electron chi connectivity index (χ1n) is 10.4. The first-order valence-corrected chi connectivity index (χ1v) is 12.7. The highest BCUT2D eigenvalue weighted by Gasteiger charge is 2.39. The van der Waals surface area contributed by atoms with Crippen LogP contribution in [0.2, 0.25) is 15.1 Å². The Kier molecular flexibility index (Phi) is 6.90. The van der Waals surface area contributed by atoms with Crippen molar-refractivity contribution in [2.24, 2.45) is 5.92 Å². The Labute approximate surface area is 198 Å². The lowest BCUT2D eigenvalue weighted by molar-refractivity contribution is -0.0276. The Hall–Kier alpha value is -0.920. The van der Waals surface area contributed by atoms with Crippen LogP contribution >= 0.6 is 46.6 Å². The maximum absolute atomic E-state index is 6.58. The van der Waals surface area contributed by atoms with E-state index in [1.54, 1.807) is 23.9 Å². The average Bonchev–Trinajstić information content (AvgIpc) is 3.44. The van der Waals surface area contributed by atoms with Crippen LogP contribution in [0, 0.1) is 5.92 Å². The van der Waals surface area contributed by atoms with E-state index in [-0.39, 0.29) is 0 Å². The molecule has 1 aliphatic carbocycles. The summed E-state index contributed by atoms with van der Waals surface area (Å²) in [5, 5.41) is 9.60. The maximum atomic E-state index is 6.58. The number of halogens is 3. The SMILES string of the molecule is CCCCN(CC1CC1)N1CN(C)C=C2C1=C(SC)NN2c1c(Cl)cc(Cl)cc1Cl. The van der Waals surface area contributed by atoms with Gasteiger partial charge in [0.15, 0.2) is 0 Å². The normalized spacial score (nSPS) is 18.9. The molecule has 0 saturated heterocycles. The zero-order chi connectivity index (χ0) is 21.4. The number of fused-ring (bicyclic) bond motifs is 1. The molecule has 1 aromatic rings. The fraction of sp³-hybridized carbons (Fsp3) is 0.524. The van der Waals surface area contributed by atoms with Crippen molar-refractivity contribution in [3.63, 3.8) is 0 Å². The number of unbranched alkanes of at least 4 members (excludes halogenated alkanes) is 1. The van der Waals surface area contributed by atoms with Gasteiger partial charge in [0.25, 0.3) is 0 Å². The molecule has 5 nitrogen and oxygen atoms in total. The molecule has 4 rings (SSSR count). The van der Waals surface area contributed by atoms with E-state index in [1.165, 1.54) is 31.4 Å². The highest BCUT2D eigenvalue weighted by molar-refractivity contribution is 8.02. The van der Waals surface area contributed by atoms with Crippen molar-refractivity contribution in [3.05, 3.63) is 49.8 Å². The number of hydrazine groups is 2. The molecule has 1 aromatic carbocycles. The lowest BCUT2D eigenvalue weighted by Gasteiger charge is -2.43. The van der Waals surface area contributed by atoms with Crippen LogP contribution in [-0.4, -0.2) is 48.0 Å². The largest absolute Gasteiger partial charge is 0.360 e. The van der Waals surface area contributed by atoms with Gasteiger partial charge >= 0.3 is 0 Å². The molecule has 1 saturated carbocycles. The summed E-state index contributed by atoms with van der Waals surface area (Å²) < 4.78 is 0. The van der Waals surface area contributed by atoms with Crippen molar-refractivity contribution in [2.75, 3.05) is 38.1 Å². The van der Waals surface area contributed by atoms with E-state index >= 15 is 0 Å². The highest BCUT2D eigenvalue weighted by Crippen LogP contribution is 2.45. The molecule has 0 aromatic heterocycles. The third-order valence-electron chi connectivity index (χ3n) is 5.56. The second kappa shape index (κ2) is 9.29. The minimum Gasteiger partial charge on any atom is -0.360 e. The predicted octanol–water partition coefficient (Wildman–Crippen LogP) is 5.98. The molecule has 2 heterocycles. The van der Waals surface area contributed by atoms with Gasteiger partial charge in [-0.3, -0.25) is 10.4 Å². The van der Waals surface area contributed by atoms with Gasteiger partial charge < -0.3 is 4.90 Å². The molecule has 0 amide bonds. The van der Waals surface area contributed by atoms with Crippen LogP contribution in [0.1, 0.15) is 32.6 Å². The van der Waals surface area contributed by atoms with Crippen LogP contribution in [0.25, 0.3) is 0 Å². The highest BCUT2D eigenvalue weighted by atomic mass is 35.5. The Balaban J connectivity index is 1.72. The molecule has 164 valence electrons. The summed E-state index contributed by atoms with van der Waals surface area (Å²) in [7, 11) is 2.10. The van der Waals surface area contributed by atoms with E-state index in [0.717, 1.165) is 36.4 Å². The smallest absolute Gasteiger partial charge is 0.115 e. The quantitative estimate of drug-likeness (QED) is 0.483. The summed E-state index contributed by atoms with van der Waals surface area (Å²) in [5.41, 5.74) is 6.47. The fourth-order valence-electron chi connectivity index (χ4n) is 3.88. The molecule has 2 aliphatic heterocycles. The number of rotatable bonds is 8. The summed E-state index contributed by atoms with van der Waals surface area (Å²) >= 11 is 21.0. The van der Waals surface area contributed by atoms with Crippen molar-refractivity contribution in [1.29, 1.82) is 0 Å². The van der Waals surface area contributed by atoms with E-state index in [0.29, 0.717) is 20.8 Å². The van der Waals surface area contributed by atoms with Crippen molar-refractivity contribution in [2.45, 2.75) is 32.6 Å². The molecular weight excluding hydrogens is 461 g/mol. The van der Waals surface area contributed by atoms with Crippen LogP contribution in [0.4, 0.5) is 5.69 Å². The predicted molar refractivity (Wildman–Crippen MR) is 129 cm³/mol. The lowest BCUT2D eigenvalue weighted by Crippen LogP contribution is -2.50. The molecule has 30 heavy (non-hydrogen) atoms. The van der Waals surface area contributed by atoms with E-state index in [4.69, 9.17) is 34.8 Å². The molecule has 9 heteroatoms. The Morgan fingerprint density at radius 2 is 1.90 bits per heavy atom. The number of anilines is 1. The van der Waals surface area contributed by atoms with Gasteiger partial charge in [-0.25, -0.2) is 10.0 Å². The first kappa shape index (κ1) is 22.3. The van der Waals surface area contributed by atoms with Gasteiger partial charge in [-0.05, 0) is 43.6 Å². The van der Waals surface area contributed by atoms with Gasteiger partial charge in [0.2, 0.25) is 0 Å². The summed E-state index contributed by atoms with van der Waals surface area (Å²) in [6, 6.07) is 3.46. The topological polar surface area (TPSA) is 25.0 Å². The minimum absolute atomic E-state index is 0.517.